The molecule has 3 N–H and O–H groups in total. The SMILES string of the molecule is CC(O)C(=O)O.O=[P+](O)Oc1ccccc1. The van der Waals surface area contributed by atoms with Crippen LogP contribution in [0.4, 0.5) is 0 Å². The van der Waals surface area contributed by atoms with Crippen LogP contribution >= 0.6 is 8.25 Å². The minimum atomic E-state index is -2.53. The third kappa shape index (κ3) is 7.87. The molecule has 0 fully saturated rings. The van der Waals surface area contributed by atoms with Crippen LogP contribution in [0.2, 0.25) is 0 Å². The molecular formula is C9H12O6P+. The summed E-state index contributed by atoms with van der Waals surface area (Å²) in [5.41, 5.74) is 0. The predicted octanol–water partition coefficient (Wildman–Crippen LogP) is 1.17. The van der Waals surface area contributed by atoms with Gasteiger partial charge in [-0.15, -0.1) is 4.89 Å². The van der Waals surface area contributed by atoms with Crippen LogP contribution in [-0.2, 0) is 9.36 Å². The van der Waals surface area contributed by atoms with E-state index in [2.05, 4.69) is 4.52 Å². The zero-order valence-electron chi connectivity index (χ0n) is 8.48. The van der Waals surface area contributed by atoms with Gasteiger partial charge in [0.2, 0.25) is 0 Å². The standard InChI is InChI=1S/C6H5O3P.C3H6O3/c7-10(8)9-6-4-2-1-3-5-6;1-2(4)3(5)6/h1-5H;2,4H,1H3,(H,5,6)/p+1. The normalized spacial score (nSPS) is 11.8. The van der Waals surface area contributed by atoms with Crippen molar-refractivity contribution in [3.63, 3.8) is 0 Å². The molecule has 7 heteroatoms. The highest BCUT2D eigenvalue weighted by Crippen LogP contribution is 2.21. The lowest BCUT2D eigenvalue weighted by Gasteiger charge is -1.89. The first kappa shape index (κ1) is 14.5. The van der Waals surface area contributed by atoms with Crippen molar-refractivity contribution in [2.75, 3.05) is 0 Å². The van der Waals surface area contributed by atoms with Gasteiger partial charge in [0.1, 0.15) is 6.10 Å². The van der Waals surface area contributed by atoms with Gasteiger partial charge in [0.15, 0.2) is 5.75 Å². The van der Waals surface area contributed by atoms with Gasteiger partial charge in [-0.2, -0.15) is 0 Å². The Morgan fingerprint density at radius 1 is 1.38 bits per heavy atom. The average Bonchev–Trinajstić information content (AvgIpc) is 2.19. The van der Waals surface area contributed by atoms with Crippen molar-refractivity contribution in [1.29, 1.82) is 0 Å². The van der Waals surface area contributed by atoms with Gasteiger partial charge in [-0.3, -0.25) is 0 Å². The molecule has 0 amide bonds. The van der Waals surface area contributed by atoms with Gasteiger partial charge in [-0.25, -0.2) is 9.32 Å². The summed E-state index contributed by atoms with van der Waals surface area (Å²) in [5, 5.41) is 15.8. The number of aliphatic hydroxyl groups is 1. The second kappa shape index (κ2) is 7.76. The van der Waals surface area contributed by atoms with Gasteiger partial charge >= 0.3 is 14.2 Å². The lowest BCUT2D eigenvalue weighted by molar-refractivity contribution is -0.145. The minimum absolute atomic E-state index is 0.408. The monoisotopic (exact) mass is 247 g/mol. The van der Waals surface area contributed by atoms with Crippen molar-refractivity contribution in [2.45, 2.75) is 13.0 Å². The number of hydrogen-bond acceptors (Lipinski definition) is 4. The van der Waals surface area contributed by atoms with Crippen molar-refractivity contribution >= 4 is 14.2 Å². The van der Waals surface area contributed by atoms with E-state index in [0.29, 0.717) is 5.75 Å². The molecule has 0 aromatic heterocycles. The number of aliphatic carboxylic acids is 1. The number of aliphatic hydroxyl groups excluding tert-OH is 1. The van der Waals surface area contributed by atoms with Crippen LogP contribution in [-0.4, -0.2) is 27.2 Å². The van der Waals surface area contributed by atoms with Crippen LogP contribution < -0.4 is 4.52 Å². The molecule has 0 heterocycles. The Hall–Kier alpha value is -1.49. The Balaban J connectivity index is 0.000000325. The molecule has 1 aromatic carbocycles. The van der Waals surface area contributed by atoms with Crippen molar-refractivity contribution in [3.8, 4) is 5.75 Å². The van der Waals surface area contributed by atoms with Gasteiger partial charge in [0.25, 0.3) is 0 Å². The van der Waals surface area contributed by atoms with Gasteiger partial charge in [0.05, 0.1) is 0 Å². The van der Waals surface area contributed by atoms with E-state index in [1.165, 1.54) is 6.92 Å². The van der Waals surface area contributed by atoms with Crippen LogP contribution in [0.1, 0.15) is 6.92 Å². The second-order valence-corrected chi connectivity index (χ2v) is 3.31. The molecule has 0 aliphatic carbocycles. The molecule has 0 bridgehead atoms. The van der Waals surface area contributed by atoms with Crippen LogP contribution in [0.25, 0.3) is 0 Å². The molecule has 0 aliphatic rings. The highest BCUT2D eigenvalue weighted by Gasteiger charge is 2.12. The molecule has 0 radical (unpaired) electrons. The average molecular weight is 247 g/mol. The van der Waals surface area contributed by atoms with E-state index >= 15 is 0 Å². The van der Waals surface area contributed by atoms with E-state index in [9.17, 15) is 9.36 Å². The van der Waals surface area contributed by atoms with Crippen LogP contribution in [0, 0.1) is 0 Å². The van der Waals surface area contributed by atoms with E-state index in [1.54, 1.807) is 30.3 Å². The molecule has 0 saturated carbocycles. The Morgan fingerprint density at radius 3 is 2.12 bits per heavy atom. The Bertz CT molecular complexity index is 337. The summed E-state index contributed by atoms with van der Waals surface area (Å²) < 4.78 is 14.6. The summed E-state index contributed by atoms with van der Waals surface area (Å²) >= 11 is 0. The summed E-state index contributed by atoms with van der Waals surface area (Å²) in [6.07, 6.45) is -1.23. The predicted molar refractivity (Wildman–Crippen MR) is 56.2 cm³/mol. The van der Waals surface area contributed by atoms with E-state index < -0.39 is 20.3 Å². The van der Waals surface area contributed by atoms with E-state index in [1.807, 2.05) is 0 Å². The fourth-order valence-corrected chi connectivity index (χ4v) is 0.874. The molecular weight excluding hydrogens is 235 g/mol. The molecule has 6 nitrogen and oxygen atoms in total. The molecule has 88 valence electrons. The molecule has 0 aliphatic heterocycles. The van der Waals surface area contributed by atoms with Crippen molar-refractivity contribution in [2.24, 2.45) is 0 Å². The van der Waals surface area contributed by atoms with E-state index in [0.717, 1.165) is 0 Å². The number of carboxylic acids is 1. The van der Waals surface area contributed by atoms with E-state index in [4.69, 9.17) is 15.1 Å². The maximum Gasteiger partial charge on any atom is 0.747 e. The molecule has 2 atom stereocenters. The maximum absolute atomic E-state index is 10.1. The molecule has 0 saturated heterocycles. The summed E-state index contributed by atoms with van der Waals surface area (Å²) in [5.74, 6) is -0.777. The van der Waals surface area contributed by atoms with Gasteiger partial charge in [0, 0.05) is 4.57 Å². The molecule has 16 heavy (non-hydrogen) atoms. The number of benzene rings is 1. The van der Waals surface area contributed by atoms with Gasteiger partial charge in [-0.1, -0.05) is 18.2 Å². The first-order chi connectivity index (χ1) is 7.43. The van der Waals surface area contributed by atoms with Gasteiger partial charge < -0.3 is 10.2 Å². The first-order valence-corrected chi connectivity index (χ1v) is 5.36. The molecule has 0 spiro atoms. The Labute approximate surface area is 93.1 Å². The zero-order chi connectivity index (χ0) is 12.6. The molecule has 1 rings (SSSR count). The Morgan fingerprint density at radius 2 is 1.81 bits per heavy atom. The van der Waals surface area contributed by atoms with Crippen molar-refractivity contribution in [3.05, 3.63) is 30.3 Å². The van der Waals surface area contributed by atoms with Crippen LogP contribution in [0.5, 0.6) is 5.75 Å². The number of carboxylic acid groups (broad SMARTS) is 1. The first-order valence-electron chi connectivity index (χ1n) is 4.23. The lowest BCUT2D eigenvalue weighted by atomic mass is 10.3. The topological polar surface area (TPSA) is 104 Å². The maximum atomic E-state index is 10.1. The van der Waals surface area contributed by atoms with E-state index in [-0.39, 0.29) is 0 Å². The smallest absolute Gasteiger partial charge is 0.479 e. The van der Waals surface area contributed by atoms with Crippen molar-refractivity contribution < 1.29 is 29.0 Å². The number of rotatable bonds is 3. The second-order valence-electron chi connectivity index (χ2n) is 2.66. The lowest BCUT2D eigenvalue weighted by Crippen LogP contribution is -2.13. The highest BCUT2D eigenvalue weighted by atomic mass is 31.1. The molecule has 1 aromatic rings. The number of para-hydroxylation sites is 1. The Kier molecular flexibility index (Phi) is 7.03. The minimum Gasteiger partial charge on any atom is -0.479 e. The third-order valence-corrected chi connectivity index (χ3v) is 1.65. The van der Waals surface area contributed by atoms with Crippen molar-refractivity contribution in [1.82, 2.24) is 0 Å². The highest BCUT2D eigenvalue weighted by molar-refractivity contribution is 7.32. The largest absolute Gasteiger partial charge is 0.747 e. The zero-order valence-corrected chi connectivity index (χ0v) is 9.37. The third-order valence-electron chi connectivity index (χ3n) is 1.28. The number of hydrogen-bond donors (Lipinski definition) is 3. The van der Waals surface area contributed by atoms with Crippen LogP contribution in [0.15, 0.2) is 30.3 Å². The quantitative estimate of drug-likeness (QED) is 0.692. The number of carbonyl (C=O) groups is 1. The van der Waals surface area contributed by atoms with Gasteiger partial charge in [-0.05, 0) is 19.1 Å². The summed E-state index contributed by atoms with van der Waals surface area (Å²) in [6, 6.07) is 8.49. The summed E-state index contributed by atoms with van der Waals surface area (Å²) in [6.45, 7) is 1.20. The van der Waals surface area contributed by atoms with Crippen LogP contribution in [0.3, 0.4) is 0 Å². The molecule has 2 unspecified atom stereocenters. The fraction of sp³-hybridized carbons (Fsp3) is 0.222. The summed E-state index contributed by atoms with van der Waals surface area (Å²) in [4.78, 5) is 17.7. The fourth-order valence-electron chi connectivity index (χ4n) is 0.572. The summed E-state index contributed by atoms with van der Waals surface area (Å²) in [7, 11) is -2.53.